The van der Waals surface area contributed by atoms with Gasteiger partial charge in [-0.15, -0.1) is 0 Å². The number of para-hydroxylation sites is 1. The Morgan fingerprint density at radius 3 is 2.30 bits per heavy atom. The van der Waals surface area contributed by atoms with E-state index in [1.54, 1.807) is 24.3 Å². The molecule has 0 aliphatic heterocycles. The average Bonchev–Trinajstić information content (AvgIpc) is 2.58. The zero-order valence-corrected chi connectivity index (χ0v) is 12.6. The molecule has 0 saturated carbocycles. The second-order valence-corrected chi connectivity index (χ2v) is 4.81. The number of hydrogen-bond acceptors (Lipinski definition) is 3. The van der Waals surface area contributed by atoms with Gasteiger partial charge in [0, 0.05) is 24.2 Å². The lowest BCUT2D eigenvalue weighted by Crippen LogP contribution is -2.34. The van der Waals surface area contributed by atoms with Crippen molar-refractivity contribution in [2.75, 3.05) is 13.2 Å². The van der Waals surface area contributed by atoms with E-state index in [0.29, 0.717) is 11.3 Å². The lowest BCUT2D eigenvalue weighted by Gasteiger charge is -2.12. The van der Waals surface area contributed by atoms with Crippen LogP contribution in [0.3, 0.4) is 0 Å². The van der Waals surface area contributed by atoms with Crippen molar-refractivity contribution in [2.45, 2.75) is 13.1 Å². The summed E-state index contributed by atoms with van der Waals surface area (Å²) in [5.41, 5.74) is 1.22. The largest absolute Gasteiger partial charge is 0.491 e. The van der Waals surface area contributed by atoms with Gasteiger partial charge in [0.15, 0.2) is 0 Å². The van der Waals surface area contributed by atoms with Gasteiger partial charge in [-0.2, -0.15) is 0 Å². The summed E-state index contributed by atoms with van der Waals surface area (Å²) in [4.78, 5) is 11.8. The lowest BCUT2D eigenvalue weighted by molar-refractivity contribution is 0.200. The first-order valence-corrected chi connectivity index (χ1v) is 7.27. The minimum Gasteiger partial charge on any atom is -0.491 e. The Morgan fingerprint density at radius 2 is 1.61 bits per heavy atom. The van der Waals surface area contributed by atoms with Crippen molar-refractivity contribution in [3.63, 3.8) is 0 Å². The molecular formula is C17H19FN2O3. The van der Waals surface area contributed by atoms with E-state index in [9.17, 15) is 9.18 Å². The Bertz CT molecular complexity index is 649. The van der Waals surface area contributed by atoms with E-state index in [0.717, 1.165) is 5.56 Å². The highest BCUT2D eigenvalue weighted by Crippen LogP contribution is 2.17. The topological polar surface area (TPSA) is 70.6 Å². The van der Waals surface area contributed by atoms with Crippen LogP contribution < -0.4 is 15.4 Å². The zero-order valence-electron chi connectivity index (χ0n) is 12.6. The van der Waals surface area contributed by atoms with Gasteiger partial charge in [0.1, 0.15) is 18.2 Å². The van der Waals surface area contributed by atoms with Crippen molar-refractivity contribution >= 4 is 6.03 Å². The highest BCUT2D eigenvalue weighted by molar-refractivity contribution is 5.73. The fourth-order valence-electron chi connectivity index (χ4n) is 2.00. The third-order valence-electron chi connectivity index (χ3n) is 3.16. The summed E-state index contributed by atoms with van der Waals surface area (Å²) in [7, 11) is 0. The molecule has 0 atom stereocenters. The number of aliphatic hydroxyl groups excluding tert-OH is 1. The van der Waals surface area contributed by atoms with Crippen molar-refractivity contribution in [3.05, 3.63) is 65.5 Å². The van der Waals surface area contributed by atoms with Crippen molar-refractivity contribution in [1.82, 2.24) is 10.6 Å². The predicted molar refractivity (Wildman–Crippen MR) is 84.5 cm³/mol. The molecule has 0 fully saturated rings. The first-order chi connectivity index (χ1) is 11.2. The molecule has 0 aromatic heterocycles. The van der Waals surface area contributed by atoms with Crippen LogP contribution in [0, 0.1) is 5.82 Å². The van der Waals surface area contributed by atoms with Gasteiger partial charge in [0.25, 0.3) is 0 Å². The molecule has 0 aliphatic carbocycles. The Morgan fingerprint density at radius 1 is 1.00 bits per heavy atom. The van der Waals surface area contributed by atoms with Crippen LogP contribution in [-0.2, 0) is 13.1 Å². The Hall–Kier alpha value is -2.60. The Kier molecular flexibility index (Phi) is 6.38. The second-order valence-electron chi connectivity index (χ2n) is 4.81. The molecule has 5 nitrogen and oxygen atoms in total. The molecule has 0 heterocycles. The fraction of sp³-hybridized carbons (Fsp3) is 0.235. The third-order valence-corrected chi connectivity index (χ3v) is 3.16. The Balaban J connectivity index is 1.84. The van der Waals surface area contributed by atoms with E-state index in [1.807, 2.05) is 18.2 Å². The van der Waals surface area contributed by atoms with Crippen molar-refractivity contribution in [3.8, 4) is 5.75 Å². The highest BCUT2D eigenvalue weighted by Gasteiger charge is 2.06. The van der Waals surface area contributed by atoms with Gasteiger partial charge in [-0.1, -0.05) is 36.4 Å². The molecule has 23 heavy (non-hydrogen) atoms. The first-order valence-electron chi connectivity index (χ1n) is 7.27. The minimum absolute atomic E-state index is 0.0785. The quantitative estimate of drug-likeness (QED) is 0.733. The van der Waals surface area contributed by atoms with Crippen LogP contribution in [0.4, 0.5) is 9.18 Å². The summed E-state index contributed by atoms with van der Waals surface area (Å²) in [5.74, 6) is 0.256. The lowest BCUT2D eigenvalue weighted by atomic mass is 10.2. The summed E-state index contributed by atoms with van der Waals surface area (Å²) >= 11 is 0. The molecule has 0 saturated heterocycles. The van der Waals surface area contributed by atoms with Crippen LogP contribution in [0.15, 0.2) is 48.5 Å². The summed E-state index contributed by atoms with van der Waals surface area (Å²) in [6, 6.07) is 13.1. The first kappa shape index (κ1) is 16.8. The minimum atomic E-state index is -0.398. The fourth-order valence-corrected chi connectivity index (χ4v) is 2.00. The predicted octanol–water partition coefficient (Wildman–Crippen LogP) is 2.20. The van der Waals surface area contributed by atoms with Crippen molar-refractivity contribution in [2.24, 2.45) is 0 Å². The van der Waals surface area contributed by atoms with E-state index in [1.165, 1.54) is 6.07 Å². The number of carbonyl (C=O) groups excluding carboxylic acids is 1. The average molecular weight is 318 g/mol. The number of rotatable bonds is 7. The number of benzene rings is 2. The summed E-state index contributed by atoms with van der Waals surface area (Å²) in [6.45, 7) is 0.493. The van der Waals surface area contributed by atoms with Gasteiger partial charge in [-0.05, 0) is 12.1 Å². The van der Waals surface area contributed by atoms with Crippen LogP contribution in [-0.4, -0.2) is 24.4 Å². The molecule has 0 unspecified atom stereocenters. The molecule has 3 N–H and O–H groups in total. The molecular weight excluding hydrogens is 299 g/mol. The van der Waals surface area contributed by atoms with Crippen LogP contribution in [0.25, 0.3) is 0 Å². The van der Waals surface area contributed by atoms with Crippen LogP contribution in [0.5, 0.6) is 5.75 Å². The number of amides is 2. The van der Waals surface area contributed by atoms with E-state index in [4.69, 9.17) is 9.84 Å². The summed E-state index contributed by atoms with van der Waals surface area (Å²) in [6.07, 6.45) is 0. The maximum atomic E-state index is 13.5. The van der Waals surface area contributed by atoms with Gasteiger partial charge >= 0.3 is 6.03 Å². The molecule has 0 spiro atoms. The molecule has 0 aliphatic rings. The number of hydrogen-bond donors (Lipinski definition) is 3. The van der Waals surface area contributed by atoms with Crippen LogP contribution >= 0.6 is 0 Å². The van der Waals surface area contributed by atoms with E-state index in [-0.39, 0.29) is 32.1 Å². The number of halogens is 1. The Labute approximate surface area is 134 Å². The van der Waals surface area contributed by atoms with Gasteiger partial charge in [-0.3, -0.25) is 0 Å². The number of carbonyl (C=O) groups is 1. The van der Waals surface area contributed by atoms with Crippen LogP contribution in [0.1, 0.15) is 11.1 Å². The SMILES string of the molecule is O=C(NCc1ccccc1F)NCc1ccccc1OCCO. The van der Waals surface area contributed by atoms with E-state index >= 15 is 0 Å². The zero-order chi connectivity index (χ0) is 16.5. The molecule has 2 aromatic carbocycles. The van der Waals surface area contributed by atoms with Crippen LogP contribution in [0.2, 0.25) is 0 Å². The molecule has 2 rings (SSSR count). The standard InChI is InChI=1S/C17H19FN2O3/c18-15-7-3-1-5-13(15)11-19-17(22)20-12-14-6-2-4-8-16(14)23-10-9-21/h1-8,21H,9-12H2,(H2,19,20,22). The van der Waals surface area contributed by atoms with E-state index in [2.05, 4.69) is 10.6 Å². The van der Waals surface area contributed by atoms with Gasteiger partial charge in [0.05, 0.1) is 6.61 Å². The number of nitrogens with one attached hydrogen (secondary N) is 2. The second kappa shape index (κ2) is 8.75. The molecule has 0 bridgehead atoms. The number of aliphatic hydroxyl groups is 1. The maximum Gasteiger partial charge on any atom is 0.315 e. The third kappa shape index (κ3) is 5.27. The molecule has 6 heteroatoms. The monoisotopic (exact) mass is 318 g/mol. The molecule has 2 amide bonds. The molecule has 122 valence electrons. The number of urea groups is 1. The maximum absolute atomic E-state index is 13.5. The van der Waals surface area contributed by atoms with E-state index < -0.39 is 6.03 Å². The van der Waals surface area contributed by atoms with Gasteiger partial charge in [-0.25, -0.2) is 9.18 Å². The van der Waals surface area contributed by atoms with Crippen molar-refractivity contribution < 1.29 is 19.0 Å². The normalized spacial score (nSPS) is 10.2. The summed E-state index contributed by atoms with van der Waals surface area (Å²) in [5, 5.41) is 14.1. The van der Waals surface area contributed by atoms with Crippen molar-refractivity contribution in [1.29, 1.82) is 0 Å². The number of ether oxygens (including phenoxy) is 1. The van der Waals surface area contributed by atoms with Gasteiger partial charge < -0.3 is 20.5 Å². The van der Waals surface area contributed by atoms with Gasteiger partial charge in [0.2, 0.25) is 0 Å². The molecule has 0 radical (unpaired) electrons. The molecule has 2 aromatic rings. The highest BCUT2D eigenvalue weighted by atomic mass is 19.1. The summed E-state index contributed by atoms with van der Waals surface area (Å²) < 4.78 is 18.8. The smallest absolute Gasteiger partial charge is 0.315 e.